The predicted octanol–water partition coefficient (Wildman–Crippen LogP) is 2.29. The van der Waals surface area contributed by atoms with Gasteiger partial charge >= 0.3 is 0 Å². The van der Waals surface area contributed by atoms with Crippen molar-refractivity contribution in [3.05, 3.63) is 0 Å². The van der Waals surface area contributed by atoms with Gasteiger partial charge in [-0.25, -0.2) is 0 Å². The highest BCUT2D eigenvalue weighted by molar-refractivity contribution is 6.89. The summed E-state index contributed by atoms with van der Waals surface area (Å²) in [7, 11) is -0.942. The Kier molecular flexibility index (Phi) is 7.68. The molecule has 0 rings (SSSR count). The third kappa shape index (κ3) is 9.18. The minimum Gasteiger partial charge on any atom is -0.0724 e. The van der Waals surface area contributed by atoms with Gasteiger partial charge in [-0.3, -0.25) is 0 Å². The van der Waals surface area contributed by atoms with Crippen molar-refractivity contribution in [1.82, 2.24) is 0 Å². The van der Waals surface area contributed by atoms with Crippen molar-refractivity contribution in [2.75, 3.05) is 0 Å². The standard InChI is InChI=1S/C9H28Si4/c1-10(2)7-13(8-11(3)4)9-12(5)6/h10-13H,7-9H2,1-6H3. The molecule has 0 heterocycles. The predicted molar refractivity (Wildman–Crippen MR) is 78.2 cm³/mol. The van der Waals surface area contributed by atoms with Crippen LogP contribution in [0.1, 0.15) is 0 Å². The molecular weight excluding hydrogens is 220 g/mol. The monoisotopic (exact) mass is 248 g/mol. The van der Waals surface area contributed by atoms with E-state index in [0.717, 1.165) is 0 Å². The highest BCUT2D eigenvalue weighted by atomic mass is 28.4. The Morgan fingerprint density at radius 2 is 0.769 bits per heavy atom. The number of hydrogen-bond acceptors (Lipinski definition) is 0. The summed E-state index contributed by atoms with van der Waals surface area (Å²) < 4.78 is 0. The third-order valence-electron chi connectivity index (χ3n) is 2.41. The van der Waals surface area contributed by atoms with Crippen molar-refractivity contribution >= 4 is 35.2 Å². The van der Waals surface area contributed by atoms with Gasteiger partial charge in [-0.2, -0.15) is 0 Å². The largest absolute Gasteiger partial charge is 0.0724 e. The molecule has 0 unspecified atom stereocenters. The molecule has 0 aliphatic rings. The van der Waals surface area contributed by atoms with E-state index < -0.39 is 0 Å². The van der Waals surface area contributed by atoms with Crippen LogP contribution < -0.4 is 0 Å². The van der Waals surface area contributed by atoms with Crippen LogP contribution in [-0.2, 0) is 0 Å². The fraction of sp³-hybridized carbons (Fsp3) is 1.00. The molecule has 4 heteroatoms. The normalized spacial score (nSPS) is 12.5. The zero-order chi connectivity index (χ0) is 10.4. The van der Waals surface area contributed by atoms with Crippen LogP contribution in [0.15, 0.2) is 0 Å². The topological polar surface area (TPSA) is 0 Å². The van der Waals surface area contributed by atoms with Crippen molar-refractivity contribution < 1.29 is 0 Å². The molecule has 0 N–H and O–H groups in total. The first-order valence-corrected chi connectivity index (χ1v) is 17.7. The molecule has 0 spiro atoms. The molecule has 0 aliphatic heterocycles. The van der Waals surface area contributed by atoms with Crippen LogP contribution in [0.3, 0.4) is 0 Å². The zero-order valence-electron chi connectivity index (χ0n) is 10.4. The van der Waals surface area contributed by atoms with Crippen LogP contribution in [0.2, 0.25) is 56.3 Å². The Balaban J connectivity index is 3.87. The first kappa shape index (κ1) is 13.9. The van der Waals surface area contributed by atoms with Gasteiger partial charge in [0.25, 0.3) is 0 Å². The quantitative estimate of drug-likeness (QED) is 0.633. The first-order valence-electron chi connectivity index (χ1n) is 5.91. The molecule has 0 fully saturated rings. The van der Waals surface area contributed by atoms with E-state index in [2.05, 4.69) is 39.3 Å². The van der Waals surface area contributed by atoms with E-state index in [4.69, 9.17) is 0 Å². The van der Waals surface area contributed by atoms with Gasteiger partial charge in [0, 0.05) is 35.2 Å². The molecule has 0 radical (unpaired) electrons. The molecule has 80 valence electrons. The van der Waals surface area contributed by atoms with Crippen LogP contribution in [0.5, 0.6) is 0 Å². The lowest BCUT2D eigenvalue weighted by atomic mass is 11.7. The molecule has 13 heavy (non-hydrogen) atoms. The van der Waals surface area contributed by atoms with E-state index in [9.17, 15) is 0 Å². The van der Waals surface area contributed by atoms with E-state index >= 15 is 0 Å². The fourth-order valence-corrected chi connectivity index (χ4v) is 25.8. The summed E-state index contributed by atoms with van der Waals surface area (Å²) >= 11 is 0. The summed E-state index contributed by atoms with van der Waals surface area (Å²) in [5.74, 6) is 0. The Morgan fingerprint density at radius 3 is 0.923 bits per heavy atom. The third-order valence-corrected chi connectivity index (χ3v) is 21.7. The SMILES string of the molecule is C[SiH](C)C[SiH](C[SiH](C)C)C[SiH](C)C. The maximum absolute atomic E-state index is 2.55. The molecule has 0 aromatic carbocycles. The van der Waals surface area contributed by atoms with Gasteiger partial charge in [0.15, 0.2) is 0 Å². The lowest BCUT2D eigenvalue weighted by Gasteiger charge is -2.19. The summed E-state index contributed by atoms with van der Waals surface area (Å²) in [5.41, 5.74) is 5.28. The molecular formula is C9H28Si4. The molecule has 0 nitrogen and oxygen atoms in total. The summed E-state index contributed by atoms with van der Waals surface area (Å²) in [6.07, 6.45) is 0. The Labute approximate surface area is 91.6 Å². The highest BCUT2D eigenvalue weighted by Crippen LogP contribution is 2.12. The van der Waals surface area contributed by atoms with Crippen molar-refractivity contribution in [2.24, 2.45) is 0 Å². The fourth-order valence-electron chi connectivity index (χ4n) is 2.29. The first-order chi connectivity index (χ1) is 5.91. The molecule has 0 aliphatic carbocycles. The maximum atomic E-state index is 2.55. The maximum Gasteiger partial charge on any atom is 0.0281 e. The van der Waals surface area contributed by atoms with Crippen molar-refractivity contribution in [3.8, 4) is 0 Å². The lowest BCUT2D eigenvalue weighted by Crippen LogP contribution is -2.28. The Hall–Kier alpha value is 0.868. The summed E-state index contributed by atoms with van der Waals surface area (Å²) in [4.78, 5) is 0. The van der Waals surface area contributed by atoms with Crippen LogP contribution in [0, 0.1) is 0 Å². The number of rotatable bonds is 6. The van der Waals surface area contributed by atoms with E-state index in [-0.39, 0.29) is 35.2 Å². The van der Waals surface area contributed by atoms with Crippen molar-refractivity contribution in [3.63, 3.8) is 0 Å². The smallest absolute Gasteiger partial charge is 0.0281 e. The molecule has 0 saturated heterocycles. The van der Waals surface area contributed by atoms with Gasteiger partial charge < -0.3 is 0 Å². The average Bonchev–Trinajstić information content (AvgIpc) is 1.80. The summed E-state index contributed by atoms with van der Waals surface area (Å²) in [6.45, 7) is 15.3. The van der Waals surface area contributed by atoms with Gasteiger partial charge in [0.1, 0.15) is 0 Å². The Bertz CT molecular complexity index is 99.0. The van der Waals surface area contributed by atoms with Crippen molar-refractivity contribution in [2.45, 2.75) is 56.3 Å². The van der Waals surface area contributed by atoms with Crippen LogP contribution in [-0.4, -0.2) is 35.2 Å². The highest BCUT2D eigenvalue weighted by Gasteiger charge is 2.16. The second-order valence-electron chi connectivity index (χ2n) is 5.75. The molecule has 0 aromatic rings. The van der Waals surface area contributed by atoms with Gasteiger partial charge in [-0.1, -0.05) is 56.3 Å². The van der Waals surface area contributed by atoms with Gasteiger partial charge in [-0.15, -0.1) is 0 Å². The molecule has 0 bridgehead atoms. The summed E-state index contributed by atoms with van der Waals surface area (Å²) in [5, 5.41) is 0. The average molecular weight is 249 g/mol. The number of hydrogen-bond donors (Lipinski definition) is 0. The van der Waals surface area contributed by atoms with Gasteiger partial charge in [0.05, 0.1) is 0 Å². The van der Waals surface area contributed by atoms with Gasteiger partial charge in [0.2, 0.25) is 0 Å². The minimum absolute atomic E-state index is 0.222. The lowest BCUT2D eigenvalue weighted by molar-refractivity contribution is 1.57. The Morgan fingerprint density at radius 1 is 0.538 bits per heavy atom. The van der Waals surface area contributed by atoms with E-state index in [1.165, 1.54) is 0 Å². The minimum atomic E-state index is -0.240. The summed E-state index contributed by atoms with van der Waals surface area (Å²) in [6, 6.07) is 0. The van der Waals surface area contributed by atoms with E-state index in [0.29, 0.717) is 0 Å². The van der Waals surface area contributed by atoms with Gasteiger partial charge in [-0.05, 0) is 0 Å². The van der Waals surface area contributed by atoms with Crippen LogP contribution in [0.4, 0.5) is 0 Å². The molecule has 0 aromatic heterocycles. The second kappa shape index (κ2) is 7.20. The molecule has 0 amide bonds. The zero-order valence-corrected chi connectivity index (χ0v) is 15.0. The van der Waals surface area contributed by atoms with Crippen LogP contribution in [0.25, 0.3) is 0 Å². The van der Waals surface area contributed by atoms with E-state index in [1.54, 1.807) is 17.0 Å². The van der Waals surface area contributed by atoms with E-state index in [1.807, 2.05) is 0 Å². The molecule has 0 atom stereocenters. The van der Waals surface area contributed by atoms with Crippen LogP contribution >= 0.6 is 0 Å². The molecule has 0 saturated carbocycles. The second-order valence-corrected chi connectivity index (χ2v) is 21.5. The van der Waals surface area contributed by atoms with Crippen molar-refractivity contribution in [1.29, 1.82) is 0 Å².